The average Bonchev–Trinajstić information content (AvgIpc) is 3.26. The summed E-state index contributed by atoms with van der Waals surface area (Å²) in [6.07, 6.45) is 6.66. The number of rotatable bonds is 8. The first kappa shape index (κ1) is 13.2. The van der Waals surface area contributed by atoms with Crippen LogP contribution in [0.15, 0.2) is 10.5 Å². The zero-order valence-electron chi connectivity index (χ0n) is 12.2. The quantitative estimate of drug-likeness (QED) is 0.780. The van der Waals surface area contributed by atoms with Crippen LogP contribution in [0.4, 0.5) is 0 Å². The first-order valence-electron chi connectivity index (χ1n) is 7.82. The summed E-state index contributed by atoms with van der Waals surface area (Å²) >= 11 is 0. The third kappa shape index (κ3) is 3.61. The molecule has 3 rings (SSSR count). The molecule has 0 aromatic carbocycles. The Labute approximate surface area is 116 Å². The van der Waals surface area contributed by atoms with E-state index in [0.717, 1.165) is 36.7 Å². The van der Waals surface area contributed by atoms with Gasteiger partial charge in [0.2, 0.25) is 0 Å². The molecule has 1 N–H and O–H groups in total. The van der Waals surface area contributed by atoms with Crippen LogP contribution in [-0.4, -0.2) is 23.5 Å². The van der Waals surface area contributed by atoms with E-state index in [0.29, 0.717) is 0 Å². The predicted octanol–water partition coefficient (Wildman–Crippen LogP) is 3.21. The van der Waals surface area contributed by atoms with Crippen LogP contribution in [0.2, 0.25) is 0 Å². The fraction of sp³-hybridized carbons (Fsp3) is 0.750. The van der Waals surface area contributed by atoms with Crippen molar-refractivity contribution in [2.75, 3.05) is 6.54 Å². The second-order valence-corrected chi connectivity index (χ2v) is 6.15. The Morgan fingerprint density at radius 2 is 2.11 bits per heavy atom. The molecule has 3 nitrogen and oxygen atoms in total. The highest BCUT2D eigenvalue weighted by Crippen LogP contribution is 2.29. The minimum atomic E-state index is 0.765. The van der Waals surface area contributed by atoms with E-state index in [-0.39, 0.29) is 0 Å². The Hall–Kier alpha value is -0.800. The molecule has 0 saturated heterocycles. The van der Waals surface area contributed by atoms with Crippen LogP contribution in [0, 0.1) is 6.92 Å². The molecule has 0 bridgehead atoms. The number of hydrogen-bond acceptors (Lipinski definition) is 3. The molecule has 0 unspecified atom stereocenters. The lowest BCUT2D eigenvalue weighted by atomic mass is 10.2. The van der Waals surface area contributed by atoms with Gasteiger partial charge in [-0.2, -0.15) is 0 Å². The van der Waals surface area contributed by atoms with Gasteiger partial charge in [-0.1, -0.05) is 6.92 Å². The summed E-state index contributed by atoms with van der Waals surface area (Å²) in [6, 6.07) is 3.84. The minimum Gasteiger partial charge on any atom is -0.465 e. The molecule has 2 aliphatic carbocycles. The molecule has 106 valence electrons. The summed E-state index contributed by atoms with van der Waals surface area (Å²) in [5.41, 5.74) is 1.34. The zero-order valence-corrected chi connectivity index (χ0v) is 12.2. The Morgan fingerprint density at radius 3 is 2.74 bits per heavy atom. The standard InChI is InChI=1S/C16H26N2O/c1-3-8-18(15-6-7-15)11-16-9-13(12(2)19-16)10-17-14-4-5-14/h9,14-15,17H,3-8,10-11H2,1-2H3. The van der Waals surface area contributed by atoms with E-state index < -0.39 is 0 Å². The molecule has 0 radical (unpaired) electrons. The zero-order chi connectivity index (χ0) is 13.2. The van der Waals surface area contributed by atoms with Gasteiger partial charge in [0.15, 0.2) is 0 Å². The number of aryl methyl sites for hydroxylation is 1. The summed E-state index contributed by atoms with van der Waals surface area (Å²) in [7, 11) is 0. The van der Waals surface area contributed by atoms with Crippen LogP contribution in [-0.2, 0) is 13.1 Å². The van der Waals surface area contributed by atoms with Crippen LogP contribution < -0.4 is 5.32 Å². The monoisotopic (exact) mass is 262 g/mol. The lowest BCUT2D eigenvalue weighted by Crippen LogP contribution is -2.26. The molecule has 2 saturated carbocycles. The number of hydrogen-bond donors (Lipinski definition) is 1. The van der Waals surface area contributed by atoms with Crippen molar-refractivity contribution in [2.24, 2.45) is 0 Å². The van der Waals surface area contributed by atoms with Crippen LogP contribution in [0.25, 0.3) is 0 Å². The fourth-order valence-corrected chi connectivity index (χ4v) is 2.70. The lowest BCUT2D eigenvalue weighted by molar-refractivity contribution is 0.233. The molecule has 2 aliphatic rings. The normalized spacial score (nSPS) is 19.3. The number of furan rings is 1. The smallest absolute Gasteiger partial charge is 0.118 e. The molecule has 1 aromatic rings. The molecule has 3 heteroatoms. The van der Waals surface area contributed by atoms with Gasteiger partial charge < -0.3 is 9.73 Å². The topological polar surface area (TPSA) is 28.4 Å². The van der Waals surface area contributed by atoms with Gasteiger partial charge in [-0.15, -0.1) is 0 Å². The maximum absolute atomic E-state index is 5.94. The summed E-state index contributed by atoms with van der Waals surface area (Å²) in [5.74, 6) is 2.24. The maximum atomic E-state index is 5.94. The van der Waals surface area contributed by atoms with E-state index in [2.05, 4.69) is 30.1 Å². The minimum absolute atomic E-state index is 0.765. The number of nitrogens with zero attached hydrogens (tertiary/aromatic N) is 1. The van der Waals surface area contributed by atoms with Crippen molar-refractivity contribution in [3.63, 3.8) is 0 Å². The van der Waals surface area contributed by atoms with Crippen molar-refractivity contribution in [3.8, 4) is 0 Å². The lowest BCUT2D eigenvalue weighted by Gasteiger charge is -2.19. The van der Waals surface area contributed by atoms with Crippen LogP contribution in [0.3, 0.4) is 0 Å². The number of nitrogens with one attached hydrogen (secondary N) is 1. The third-order valence-corrected chi connectivity index (χ3v) is 4.16. The Balaban J connectivity index is 1.58. The van der Waals surface area contributed by atoms with Gasteiger partial charge in [0.1, 0.15) is 11.5 Å². The van der Waals surface area contributed by atoms with Crippen molar-refractivity contribution in [2.45, 2.75) is 71.1 Å². The highest BCUT2D eigenvalue weighted by molar-refractivity contribution is 5.21. The molecule has 0 atom stereocenters. The first-order valence-corrected chi connectivity index (χ1v) is 7.82. The van der Waals surface area contributed by atoms with Crippen molar-refractivity contribution >= 4 is 0 Å². The molecule has 19 heavy (non-hydrogen) atoms. The van der Waals surface area contributed by atoms with Gasteiger partial charge in [0.25, 0.3) is 0 Å². The van der Waals surface area contributed by atoms with Gasteiger partial charge in [0.05, 0.1) is 6.54 Å². The van der Waals surface area contributed by atoms with E-state index in [1.54, 1.807) is 0 Å². The maximum Gasteiger partial charge on any atom is 0.118 e. The summed E-state index contributed by atoms with van der Waals surface area (Å²) < 4.78 is 5.94. The van der Waals surface area contributed by atoms with Crippen molar-refractivity contribution in [3.05, 3.63) is 23.2 Å². The van der Waals surface area contributed by atoms with E-state index in [1.807, 2.05) is 0 Å². The Kier molecular flexibility index (Phi) is 3.94. The highest BCUT2D eigenvalue weighted by atomic mass is 16.3. The summed E-state index contributed by atoms with van der Waals surface area (Å²) in [5, 5.41) is 3.57. The van der Waals surface area contributed by atoms with E-state index in [4.69, 9.17) is 4.42 Å². The predicted molar refractivity (Wildman–Crippen MR) is 77.0 cm³/mol. The van der Waals surface area contributed by atoms with Crippen molar-refractivity contribution < 1.29 is 4.42 Å². The van der Waals surface area contributed by atoms with Crippen LogP contribution in [0.5, 0.6) is 0 Å². The summed E-state index contributed by atoms with van der Waals surface area (Å²) in [4.78, 5) is 2.58. The van der Waals surface area contributed by atoms with Crippen LogP contribution >= 0.6 is 0 Å². The Morgan fingerprint density at radius 1 is 1.32 bits per heavy atom. The molecular weight excluding hydrogens is 236 g/mol. The Bertz CT molecular complexity index is 418. The fourth-order valence-electron chi connectivity index (χ4n) is 2.70. The largest absolute Gasteiger partial charge is 0.465 e. The molecule has 1 heterocycles. The van der Waals surface area contributed by atoms with Crippen LogP contribution in [0.1, 0.15) is 56.1 Å². The SMILES string of the molecule is CCCN(Cc1cc(CNC2CC2)c(C)o1)C1CC1. The van der Waals surface area contributed by atoms with E-state index in [9.17, 15) is 0 Å². The van der Waals surface area contributed by atoms with Gasteiger partial charge in [-0.3, -0.25) is 4.90 Å². The summed E-state index contributed by atoms with van der Waals surface area (Å²) in [6.45, 7) is 7.50. The van der Waals surface area contributed by atoms with Gasteiger partial charge in [-0.25, -0.2) is 0 Å². The molecule has 1 aromatic heterocycles. The second-order valence-electron chi connectivity index (χ2n) is 6.15. The van der Waals surface area contributed by atoms with E-state index in [1.165, 1.54) is 44.2 Å². The van der Waals surface area contributed by atoms with Crippen molar-refractivity contribution in [1.29, 1.82) is 0 Å². The first-order chi connectivity index (χ1) is 9.26. The second kappa shape index (κ2) is 5.68. The molecule has 0 spiro atoms. The highest BCUT2D eigenvalue weighted by Gasteiger charge is 2.29. The van der Waals surface area contributed by atoms with Gasteiger partial charge >= 0.3 is 0 Å². The van der Waals surface area contributed by atoms with Gasteiger partial charge in [0, 0.05) is 24.2 Å². The third-order valence-electron chi connectivity index (χ3n) is 4.16. The molecule has 2 fully saturated rings. The van der Waals surface area contributed by atoms with Crippen molar-refractivity contribution in [1.82, 2.24) is 10.2 Å². The molecule has 0 amide bonds. The molecular formula is C16H26N2O. The average molecular weight is 262 g/mol. The molecule has 0 aliphatic heterocycles. The van der Waals surface area contributed by atoms with E-state index >= 15 is 0 Å². The van der Waals surface area contributed by atoms with Gasteiger partial charge in [-0.05, 0) is 51.6 Å².